The van der Waals surface area contributed by atoms with Crippen LogP contribution < -0.4 is 16.7 Å². The van der Waals surface area contributed by atoms with Gasteiger partial charge in [-0.05, 0) is 37.3 Å². The molecular formula is C13H13N5O. The van der Waals surface area contributed by atoms with Crippen LogP contribution >= 0.6 is 0 Å². The van der Waals surface area contributed by atoms with Gasteiger partial charge in [-0.15, -0.1) is 0 Å². The molecule has 6 heteroatoms. The number of aromatic nitrogens is 3. The maximum absolute atomic E-state index is 11.2. The number of aryl methyl sites for hydroxylation is 1. The van der Waals surface area contributed by atoms with Crippen molar-refractivity contribution in [3.8, 4) is 0 Å². The van der Waals surface area contributed by atoms with E-state index >= 15 is 0 Å². The van der Waals surface area contributed by atoms with Crippen molar-refractivity contribution < 1.29 is 0 Å². The molecule has 0 spiro atoms. The van der Waals surface area contributed by atoms with Crippen molar-refractivity contribution in [1.82, 2.24) is 15.0 Å². The molecule has 0 saturated carbocycles. The van der Waals surface area contributed by atoms with Crippen LogP contribution in [0.15, 0.2) is 35.1 Å². The summed E-state index contributed by atoms with van der Waals surface area (Å²) in [6.45, 7) is 1.85. The van der Waals surface area contributed by atoms with E-state index in [0.29, 0.717) is 11.5 Å². The lowest BCUT2D eigenvalue weighted by Gasteiger charge is -2.07. The van der Waals surface area contributed by atoms with E-state index in [1.54, 1.807) is 6.07 Å². The number of hydrogen-bond acceptors (Lipinski definition) is 4. The molecule has 2 aromatic heterocycles. The minimum Gasteiger partial charge on any atom is -0.397 e. The summed E-state index contributed by atoms with van der Waals surface area (Å²) in [4.78, 5) is 20.9. The molecule has 0 atom stereocenters. The van der Waals surface area contributed by atoms with Crippen LogP contribution in [-0.4, -0.2) is 15.0 Å². The average molecular weight is 255 g/mol. The zero-order valence-corrected chi connectivity index (χ0v) is 10.3. The number of anilines is 3. The standard InChI is InChI=1S/C13H13N5O/c1-7-9(14)3-5-12(15-7)16-8-2-4-10-11(6-8)18-13(19)17-10/h2-6H,14H2,1H3,(H,15,16)(H2,17,18,19). The number of hydrogen-bond donors (Lipinski definition) is 4. The van der Waals surface area contributed by atoms with Gasteiger partial charge in [-0.3, -0.25) is 0 Å². The number of fused-ring (bicyclic) bond motifs is 1. The SMILES string of the molecule is Cc1nc(Nc2ccc3[nH]c(=O)[nH]c3c2)ccc1N. The fourth-order valence-electron chi connectivity index (χ4n) is 1.90. The summed E-state index contributed by atoms with van der Waals surface area (Å²) in [6, 6.07) is 9.17. The molecule has 2 heterocycles. The van der Waals surface area contributed by atoms with E-state index in [0.717, 1.165) is 22.4 Å². The third-order valence-electron chi connectivity index (χ3n) is 2.92. The van der Waals surface area contributed by atoms with Gasteiger partial charge in [0.1, 0.15) is 5.82 Å². The van der Waals surface area contributed by atoms with E-state index in [-0.39, 0.29) is 5.69 Å². The van der Waals surface area contributed by atoms with E-state index in [1.807, 2.05) is 31.2 Å². The van der Waals surface area contributed by atoms with Gasteiger partial charge in [0, 0.05) is 5.69 Å². The molecule has 19 heavy (non-hydrogen) atoms. The number of aromatic amines is 2. The number of nitrogens with one attached hydrogen (secondary N) is 3. The van der Waals surface area contributed by atoms with Gasteiger partial charge in [0.15, 0.2) is 0 Å². The first kappa shape index (κ1) is 11.3. The largest absolute Gasteiger partial charge is 0.397 e. The number of imidazole rings is 1. The van der Waals surface area contributed by atoms with Gasteiger partial charge in [0.2, 0.25) is 0 Å². The summed E-state index contributed by atoms with van der Waals surface area (Å²) in [5, 5.41) is 3.17. The fraction of sp³-hybridized carbons (Fsp3) is 0.0769. The second kappa shape index (κ2) is 4.16. The third-order valence-corrected chi connectivity index (χ3v) is 2.92. The predicted molar refractivity (Wildman–Crippen MR) is 75.6 cm³/mol. The molecule has 0 fully saturated rings. The Kier molecular flexibility index (Phi) is 2.49. The number of rotatable bonds is 2. The van der Waals surface area contributed by atoms with Crippen molar-refractivity contribution in [3.63, 3.8) is 0 Å². The van der Waals surface area contributed by atoms with Crippen molar-refractivity contribution in [1.29, 1.82) is 0 Å². The number of benzene rings is 1. The molecule has 6 nitrogen and oxygen atoms in total. The monoisotopic (exact) mass is 255 g/mol. The highest BCUT2D eigenvalue weighted by Gasteiger charge is 2.02. The Labute approximate surface area is 108 Å². The number of nitrogens with zero attached hydrogens (tertiary/aromatic N) is 1. The molecular weight excluding hydrogens is 242 g/mol. The van der Waals surface area contributed by atoms with Crippen molar-refractivity contribution in [2.45, 2.75) is 6.92 Å². The molecule has 0 aliphatic rings. The molecule has 0 unspecified atom stereocenters. The lowest BCUT2D eigenvalue weighted by Crippen LogP contribution is -1.99. The number of nitrogens with two attached hydrogens (primary N) is 1. The Bertz CT molecular complexity index is 802. The van der Waals surface area contributed by atoms with Crippen LogP contribution in [0.1, 0.15) is 5.69 Å². The van der Waals surface area contributed by atoms with E-state index < -0.39 is 0 Å². The van der Waals surface area contributed by atoms with Gasteiger partial charge >= 0.3 is 5.69 Å². The van der Waals surface area contributed by atoms with Crippen molar-refractivity contribution >= 4 is 28.2 Å². The van der Waals surface area contributed by atoms with Gasteiger partial charge in [-0.2, -0.15) is 0 Å². The van der Waals surface area contributed by atoms with Gasteiger partial charge < -0.3 is 21.0 Å². The van der Waals surface area contributed by atoms with Crippen molar-refractivity contribution in [2.24, 2.45) is 0 Å². The van der Waals surface area contributed by atoms with Crippen LogP contribution in [0.25, 0.3) is 11.0 Å². The third kappa shape index (κ3) is 2.15. The Morgan fingerprint density at radius 2 is 1.95 bits per heavy atom. The quantitative estimate of drug-likeness (QED) is 0.561. The Balaban J connectivity index is 1.95. The van der Waals surface area contributed by atoms with Crippen molar-refractivity contribution in [3.05, 3.63) is 46.5 Å². The van der Waals surface area contributed by atoms with Crippen LogP contribution in [0.2, 0.25) is 0 Å². The molecule has 0 saturated heterocycles. The molecule has 96 valence electrons. The van der Waals surface area contributed by atoms with Gasteiger partial charge in [0.05, 0.1) is 22.4 Å². The molecule has 1 aromatic carbocycles. The smallest absolute Gasteiger partial charge is 0.323 e. The van der Waals surface area contributed by atoms with E-state index in [9.17, 15) is 4.79 Å². The first-order valence-electron chi connectivity index (χ1n) is 5.84. The minimum absolute atomic E-state index is 0.214. The van der Waals surface area contributed by atoms with E-state index in [4.69, 9.17) is 5.73 Å². The predicted octanol–water partition coefficient (Wildman–Crippen LogP) is 1.89. The second-order valence-electron chi connectivity index (χ2n) is 4.34. The van der Waals surface area contributed by atoms with Crippen LogP contribution in [0, 0.1) is 6.92 Å². The molecule has 3 aromatic rings. The normalized spacial score (nSPS) is 10.8. The molecule has 0 radical (unpaired) electrons. The Hall–Kier alpha value is -2.76. The highest BCUT2D eigenvalue weighted by atomic mass is 16.1. The first-order chi connectivity index (χ1) is 9.11. The topological polar surface area (TPSA) is 99.6 Å². The lowest BCUT2D eigenvalue weighted by molar-refractivity contribution is 1.20. The lowest BCUT2D eigenvalue weighted by atomic mass is 10.2. The number of pyridine rings is 1. The molecule has 3 rings (SSSR count). The summed E-state index contributed by atoms with van der Waals surface area (Å²) in [6.07, 6.45) is 0. The minimum atomic E-state index is -0.214. The summed E-state index contributed by atoms with van der Waals surface area (Å²) in [7, 11) is 0. The van der Waals surface area contributed by atoms with Crippen LogP contribution in [-0.2, 0) is 0 Å². The van der Waals surface area contributed by atoms with E-state index in [1.165, 1.54) is 0 Å². The molecule has 0 amide bonds. The van der Waals surface area contributed by atoms with Crippen molar-refractivity contribution in [2.75, 3.05) is 11.1 Å². The van der Waals surface area contributed by atoms with E-state index in [2.05, 4.69) is 20.3 Å². The number of nitrogen functional groups attached to an aromatic ring is 1. The highest BCUT2D eigenvalue weighted by Crippen LogP contribution is 2.20. The van der Waals surface area contributed by atoms with Gasteiger partial charge in [0.25, 0.3) is 0 Å². The first-order valence-corrected chi connectivity index (χ1v) is 5.84. The zero-order chi connectivity index (χ0) is 13.4. The van der Waals surface area contributed by atoms with Gasteiger partial charge in [-0.1, -0.05) is 0 Å². The average Bonchev–Trinajstić information content (AvgIpc) is 2.73. The molecule has 0 aliphatic heterocycles. The second-order valence-corrected chi connectivity index (χ2v) is 4.34. The van der Waals surface area contributed by atoms with Crippen LogP contribution in [0.5, 0.6) is 0 Å². The molecule has 0 aliphatic carbocycles. The highest BCUT2D eigenvalue weighted by molar-refractivity contribution is 5.79. The van der Waals surface area contributed by atoms with Gasteiger partial charge in [-0.25, -0.2) is 9.78 Å². The summed E-state index contributed by atoms with van der Waals surface area (Å²) in [5.41, 5.74) is 9.33. The zero-order valence-electron chi connectivity index (χ0n) is 10.3. The number of H-pyrrole nitrogens is 2. The summed E-state index contributed by atoms with van der Waals surface area (Å²) >= 11 is 0. The van der Waals surface area contributed by atoms with Crippen LogP contribution in [0.3, 0.4) is 0 Å². The summed E-state index contributed by atoms with van der Waals surface area (Å²) in [5.74, 6) is 0.712. The maximum Gasteiger partial charge on any atom is 0.323 e. The molecule has 0 bridgehead atoms. The summed E-state index contributed by atoms with van der Waals surface area (Å²) < 4.78 is 0. The fourth-order valence-corrected chi connectivity index (χ4v) is 1.90. The Morgan fingerprint density at radius 3 is 2.74 bits per heavy atom. The Morgan fingerprint density at radius 1 is 1.16 bits per heavy atom. The van der Waals surface area contributed by atoms with Crippen LogP contribution in [0.4, 0.5) is 17.2 Å². The molecule has 5 N–H and O–H groups in total. The maximum atomic E-state index is 11.2.